The molecular formula is C14H19NO3S3. The summed E-state index contributed by atoms with van der Waals surface area (Å²) in [7, 11) is -3.40. The van der Waals surface area contributed by atoms with Crippen molar-refractivity contribution in [2.45, 2.75) is 30.8 Å². The minimum absolute atomic E-state index is 0.0226. The van der Waals surface area contributed by atoms with Crippen LogP contribution in [-0.2, 0) is 14.8 Å². The van der Waals surface area contributed by atoms with Gasteiger partial charge in [-0.3, -0.25) is 0 Å². The summed E-state index contributed by atoms with van der Waals surface area (Å²) < 4.78 is 32.7. The van der Waals surface area contributed by atoms with Crippen LogP contribution in [-0.4, -0.2) is 42.6 Å². The maximum Gasteiger partial charge on any atom is 0.243 e. The summed E-state index contributed by atoms with van der Waals surface area (Å²) in [5, 5.41) is 0. The molecule has 1 fully saturated rings. The number of rotatable bonds is 3. The number of ether oxygens (including phenoxy) is 1. The van der Waals surface area contributed by atoms with Gasteiger partial charge in [-0.1, -0.05) is 29.5 Å². The molecule has 0 N–H and O–H groups in total. The fourth-order valence-corrected chi connectivity index (χ4v) is 4.07. The fourth-order valence-electron chi connectivity index (χ4n) is 2.23. The second-order valence-electron chi connectivity index (χ2n) is 4.99. The Labute approximate surface area is 135 Å². The molecule has 0 amide bonds. The Hall–Kier alpha value is -0.630. The van der Waals surface area contributed by atoms with Crippen molar-refractivity contribution in [3.8, 4) is 0 Å². The van der Waals surface area contributed by atoms with Gasteiger partial charge in [-0.05, 0) is 50.4 Å². The Bertz CT molecular complexity index is 590. The molecular weight excluding hydrogens is 326 g/mol. The van der Waals surface area contributed by atoms with Crippen LogP contribution in [0.5, 0.6) is 0 Å². The predicted molar refractivity (Wildman–Crippen MR) is 90.2 cm³/mol. The predicted octanol–water partition coefficient (Wildman–Crippen LogP) is 2.81. The summed E-state index contributed by atoms with van der Waals surface area (Å²) in [6.45, 7) is 2.88. The Morgan fingerprint density at radius 1 is 1.29 bits per heavy atom. The smallest absolute Gasteiger partial charge is 0.243 e. The van der Waals surface area contributed by atoms with Gasteiger partial charge in [-0.2, -0.15) is 4.31 Å². The van der Waals surface area contributed by atoms with Crippen molar-refractivity contribution in [1.29, 1.82) is 0 Å². The fraction of sp³-hybridized carbons (Fsp3) is 0.500. The van der Waals surface area contributed by atoms with E-state index in [0.29, 0.717) is 35.2 Å². The van der Waals surface area contributed by atoms with Crippen LogP contribution in [0.3, 0.4) is 0 Å². The molecule has 0 aromatic heterocycles. The highest BCUT2D eigenvalue weighted by atomic mass is 32.2. The van der Waals surface area contributed by atoms with E-state index in [1.165, 1.54) is 16.1 Å². The number of hydrogen-bond acceptors (Lipinski definition) is 5. The topological polar surface area (TPSA) is 46.6 Å². The summed E-state index contributed by atoms with van der Waals surface area (Å²) in [4.78, 5) is 0.354. The largest absolute Gasteiger partial charge is 0.475 e. The van der Waals surface area contributed by atoms with Crippen molar-refractivity contribution in [3.05, 3.63) is 29.8 Å². The van der Waals surface area contributed by atoms with E-state index in [-0.39, 0.29) is 6.10 Å². The summed E-state index contributed by atoms with van der Waals surface area (Å²) in [5.41, 5.74) is 1.05. The third-order valence-electron chi connectivity index (χ3n) is 3.49. The first kappa shape index (κ1) is 16.7. The van der Waals surface area contributed by atoms with Crippen LogP contribution in [0.15, 0.2) is 29.2 Å². The van der Waals surface area contributed by atoms with Gasteiger partial charge in [-0.15, -0.1) is 0 Å². The molecule has 0 saturated carbocycles. The number of nitrogens with zero attached hydrogens (tertiary/aromatic N) is 1. The van der Waals surface area contributed by atoms with Gasteiger partial charge in [-0.25, -0.2) is 8.42 Å². The van der Waals surface area contributed by atoms with Gasteiger partial charge in [0.2, 0.25) is 14.4 Å². The minimum atomic E-state index is -3.40. The van der Waals surface area contributed by atoms with Crippen molar-refractivity contribution in [3.63, 3.8) is 0 Å². The van der Waals surface area contributed by atoms with E-state index >= 15 is 0 Å². The van der Waals surface area contributed by atoms with Crippen molar-refractivity contribution < 1.29 is 13.2 Å². The maximum absolute atomic E-state index is 12.5. The van der Waals surface area contributed by atoms with E-state index in [2.05, 4.69) is 0 Å². The number of piperidine rings is 1. The molecule has 1 saturated heterocycles. The first-order valence-electron chi connectivity index (χ1n) is 6.75. The second kappa shape index (κ2) is 7.09. The van der Waals surface area contributed by atoms with Gasteiger partial charge in [0.25, 0.3) is 0 Å². The summed E-state index contributed by atoms with van der Waals surface area (Å²) in [6.07, 6.45) is 3.24. The third kappa shape index (κ3) is 4.18. The summed E-state index contributed by atoms with van der Waals surface area (Å²) in [6, 6.07) is 6.96. The highest BCUT2D eigenvalue weighted by Crippen LogP contribution is 2.23. The molecule has 21 heavy (non-hydrogen) atoms. The number of thiocarbonyl (C=S) groups is 1. The zero-order valence-electron chi connectivity index (χ0n) is 12.1. The molecule has 0 unspecified atom stereocenters. The molecule has 7 heteroatoms. The van der Waals surface area contributed by atoms with Crippen molar-refractivity contribution >= 4 is 38.4 Å². The van der Waals surface area contributed by atoms with Gasteiger partial charge in [0, 0.05) is 13.1 Å². The van der Waals surface area contributed by atoms with Crippen LogP contribution in [0.4, 0.5) is 0 Å². The number of hydrogen-bond donors (Lipinski definition) is 0. The molecule has 2 rings (SSSR count). The van der Waals surface area contributed by atoms with Gasteiger partial charge in [0.05, 0.1) is 4.90 Å². The molecule has 1 aromatic carbocycles. The Balaban J connectivity index is 2.01. The van der Waals surface area contributed by atoms with Crippen LogP contribution >= 0.6 is 24.0 Å². The lowest BCUT2D eigenvalue weighted by atomic mass is 10.1. The monoisotopic (exact) mass is 345 g/mol. The van der Waals surface area contributed by atoms with Crippen molar-refractivity contribution in [2.75, 3.05) is 19.3 Å². The zero-order chi connectivity index (χ0) is 15.5. The average molecular weight is 346 g/mol. The van der Waals surface area contributed by atoms with Crippen LogP contribution in [0.2, 0.25) is 0 Å². The molecule has 0 radical (unpaired) electrons. The number of thioether (sulfide) groups is 1. The molecule has 1 aliphatic heterocycles. The number of aryl methyl sites for hydroxylation is 1. The van der Waals surface area contributed by atoms with Gasteiger partial charge < -0.3 is 4.74 Å². The first-order chi connectivity index (χ1) is 9.93. The van der Waals surface area contributed by atoms with Gasteiger partial charge >= 0.3 is 0 Å². The number of sulfonamides is 1. The van der Waals surface area contributed by atoms with Crippen molar-refractivity contribution in [2.24, 2.45) is 0 Å². The van der Waals surface area contributed by atoms with E-state index in [1.807, 2.05) is 25.3 Å². The van der Waals surface area contributed by atoms with Gasteiger partial charge in [0.15, 0.2) is 0 Å². The molecule has 1 aromatic rings. The number of benzene rings is 1. The molecule has 0 bridgehead atoms. The van der Waals surface area contributed by atoms with E-state index in [1.54, 1.807) is 12.1 Å². The maximum atomic E-state index is 12.5. The molecule has 0 aliphatic carbocycles. The summed E-state index contributed by atoms with van der Waals surface area (Å²) in [5.74, 6) is 0. The van der Waals surface area contributed by atoms with E-state index in [4.69, 9.17) is 17.0 Å². The molecule has 0 spiro atoms. The second-order valence-corrected chi connectivity index (χ2v) is 8.33. The highest BCUT2D eigenvalue weighted by molar-refractivity contribution is 8.22. The van der Waals surface area contributed by atoms with Crippen LogP contribution < -0.4 is 0 Å². The molecule has 1 heterocycles. The Kier molecular flexibility index (Phi) is 5.65. The van der Waals surface area contributed by atoms with Crippen LogP contribution in [0.25, 0.3) is 0 Å². The minimum Gasteiger partial charge on any atom is -0.475 e. The van der Waals surface area contributed by atoms with E-state index in [9.17, 15) is 8.42 Å². The Morgan fingerprint density at radius 2 is 1.86 bits per heavy atom. The standard InChI is InChI=1S/C14H19NO3S3/c1-11-3-5-13(6-4-11)21(16,17)15-9-7-12(8-10-15)18-14(19)20-2/h3-6,12H,7-10H2,1-2H3. The normalized spacial score (nSPS) is 17.6. The Morgan fingerprint density at radius 3 is 2.38 bits per heavy atom. The molecule has 1 aliphatic rings. The zero-order valence-corrected chi connectivity index (χ0v) is 14.6. The summed E-state index contributed by atoms with van der Waals surface area (Å²) >= 11 is 6.44. The van der Waals surface area contributed by atoms with Crippen molar-refractivity contribution in [1.82, 2.24) is 4.31 Å². The lowest BCUT2D eigenvalue weighted by molar-refractivity contribution is 0.133. The highest BCUT2D eigenvalue weighted by Gasteiger charge is 2.30. The van der Waals surface area contributed by atoms with E-state index in [0.717, 1.165) is 5.56 Å². The first-order valence-corrected chi connectivity index (χ1v) is 9.82. The van der Waals surface area contributed by atoms with Gasteiger partial charge in [0.1, 0.15) is 6.10 Å². The quantitative estimate of drug-likeness (QED) is 0.788. The molecule has 4 nitrogen and oxygen atoms in total. The SMILES string of the molecule is CSC(=S)OC1CCN(S(=O)(=O)c2ccc(C)cc2)CC1. The lowest BCUT2D eigenvalue weighted by Gasteiger charge is -2.31. The molecule has 0 atom stereocenters. The molecule has 116 valence electrons. The van der Waals surface area contributed by atoms with Crippen LogP contribution in [0.1, 0.15) is 18.4 Å². The average Bonchev–Trinajstić information content (AvgIpc) is 2.48. The third-order valence-corrected chi connectivity index (χ3v) is 6.43. The van der Waals surface area contributed by atoms with E-state index < -0.39 is 10.0 Å². The lowest BCUT2D eigenvalue weighted by Crippen LogP contribution is -2.41. The van der Waals surface area contributed by atoms with Crippen LogP contribution in [0, 0.1) is 6.92 Å².